The summed E-state index contributed by atoms with van der Waals surface area (Å²) in [7, 11) is -3.99. The summed E-state index contributed by atoms with van der Waals surface area (Å²) < 4.78 is 26.6. The van der Waals surface area contributed by atoms with Crippen LogP contribution in [0.1, 0.15) is 18.4 Å². The van der Waals surface area contributed by atoms with Gasteiger partial charge in [0.05, 0.1) is 15.2 Å². The van der Waals surface area contributed by atoms with E-state index >= 15 is 0 Å². The van der Waals surface area contributed by atoms with Crippen molar-refractivity contribution in [3.05, 3.63) is 33.9 Å². The fourth-order valence-electron chi connectivity index (χ4n) is 2.02. The third-order valence-electron chi connectivity index (χ3n) is 3.65. The fourth-order valence-corrected chi connectivity index (χ4v) is 3.41. The number of hydrogen-bond donors (Lipinski definition) is 2. The molecule has 0 radical (unpaired) electrons. The summed E-state index contributed by atoms with van der Waals surface area (Å²) in [5, 5.41) is 19.8. The molecule has 21 heavy (non-hydrogen) atoms. The standard InChI is InChI=1S/C12H14N2O6S/c1-8-9(14(17)18)3-2-4-10(8)21(19,20)13-7-12(5-6-12)11(15)16/h2-4,13H,5-7H2,1H3,(H,15,16). The van der Waals surface area contributed by atoms with E-state index in [1.807, 2.05) is 0 Å². The highest BCUT2D eigenvalue weighted by Gasteiger charge is 2.50. The Balaban J connectivity index is 2.27. The van der Waals surface area contributed by atoms with Gasteiger partial charge in [0, 0.05) is 18.2 Å². The molecule has 1 fully saturated rings. The maximum absolute atomic E-state index is 12.2. The van der Waals surface area contributed by atoms with Gasteiger partial charge >= 0.3 is 5.97 Å². The van der Waals surface area contributed by atoms with Crippen LogP contribution in [0.5, 0.6) is 0 Å². The first-order valence-electron chi connectivity index (χ1n) is 6.17. The number of sulfonamides is 1. The SMILES string of the molecule is Cc1c([N+](=O)[O-])cccc1S(=O)(=O)NCC1(C(=O)O)CC1. The van der Waals surface area contributed by atoms with E-state index in [-0.39, 0.29) is 22.7 Å². The first-order valence-corrected chi connectivity index (χ1v) is 7.65. The van der Waals surface area contributed by atoms with Crippen molar-refractivity contribution in [3.63, 3.8) is 0 Å². The number of aliphatic carboxylic acids is 1. The normalized spacial score (nSPS) is 16.4. The van der Waals surface area contributed by atoms with Crippen LogP contribution in [0, 0.1) is 22.5 Å². The Morgan fingerprint density at radius 2 is 2.10 bits per heavy atom. The number of nitrogens with zero attached hydrogens (tertiary/aromatic N) is 1. The number of nitro benzene ring substituents is 1. The summed E-state index contributed by atoms with van der Waals surface area (Å²) in [6.45, 7) is 1.13. The third-order valence-corrected chi connectivity index (χ3v) is 5.20. The molecule has 0 saturated heterocycles. The molecule has 0 atom stereocenters. The second kappa shape index (κ2) is 5.08. The van der Waals surface area contributed by atoms with Gasteiger partial charge in [0.25, 0.3) is 5.69 Å². The zero-order valence-electron chi connectivity index (χ0n) is 11.2. The van der Waals surface area contributed by atoms with E-state index in [4.69, 9.17) is 5.11 Å². The van der Waals surface area contributed by atoms with E-state index in [1.54, 1.807) is 0 Å². The molecule has 1 aliphatic rings. The Kier molecular flexibility index (Phi) is 3.72. The second-order valence-corrected chi connectivity index (χ2v) is 6.80. The summed E-state index contributed by atoms with van der Waals surface area (Å²) in [6.07, 6.45) is 0.831. The molecule has 8 nitrogen and oxygen atoms in total. The van der Waals surface area contributed by atoms with Crippen molar-refractivity contribution in [2.45, 2.75) is 24.7 Å². The van der Waals surface area contributed by atoms with Gasteiger partial charge < -0.3 is 5.11 Å². The molecule has 0 spiro atoms. The highest BCUT2D eigenvalue weighted by atomic mass is 32.2. The zero-order chi connectivity index (χ0) is 15.8. The van der Waals surface area contributed by atoms with Crippen molar-refractivity contribution >= 4 is 21.7 Å². The minimum atomic E-state index is -3.99. The smallest absolute Gasteiger partial charge is 0.310 e. The van der Waals surface area contributed by atoms with E-state index in [9.17, 15) is 23.3 Å². The van der Waals surface area contributed by atoms with Crippen molar-refractivity contribution in [1.82, 2.24) is 4.72 Å². The number of carbonyl (C=O) groups is 1. The highest BCUT2D eigenvalue weighted by molar-refractivity contribution is 7.89. The number of nitrogens with one attached hydrogen (secondary N) is 1. The van der Waals surface area contributed by atoms with Crippen LogP contribution in [0.3, 0.4) is 0 Å². The maximum Gasteiger partial charge on any atom is 0.310 e. The average molecular weight is 314 g/mol. The van der Waals surface area contributed by atoms with Gasteiger partial charge in [-0.1, -0.05) is 6.07 Å². The molecule has 9 heteroatoms. The van der Waals surface area contributed by atoms with Gasteiger partial charge in [-0.2, -0.15) is 0 Å². The Bertz CT molecular complexity index is 708. The minimum Gasteiger partial charge on any atom is -0.481 e. The fraction of sp³-hybridized carbons (Fsp3) is 0.417. The van der Waals surface area contributed by atoms with Crippen LogP contribution in [0.4, 0.5) is 5.69 Å². The van der Waals surface area contributed by atoms with Gasteiger partial charge in [-0.3, -0.25) is 14.9 Å². The van der Waals surface area contributed by atoms with E-state index in [0.717, 1.165) is 0 Å². The molecule has 1 aromatic carbocycles. The van der Waals surface area contributed by atoms with Crippen LogP contribution in [-0.2, 0) is 14.8 Å². The number of benzene rings is 1. The Morgan fingerprint density at radius 3 is 2.57 bits per heavy atom. The molecule has 0 bridgehead atoms. The van der Waals surface area contributed by atoms with Gasteiger partial charge in [-0.15, -0.1) is 0 Å². The molecule has 1 aliphatic carbocycles. The van der Waals surface area contributed by atoms with Gasteiger partial charge in [-0.05, 0) is 25.8 Å². The largest absolute Gasteiger partial charge is 0.481 e. The van der Waals surface area contributed by atoms with Crippen LogP contribution in [0.2, 0.25) is 0 Å². The highest BCUT2D eigenvalue weighted by Crippen LogP contribution is 2.45. The second-order valence-electron chi connectivity index (χ2n) is 5.07. The molecular formula is C12H14N2O6S. The van der Waals surface area contributed by atoms with Crippen LogP contribution in [0.15, 0.2) is 23.1 Å². The summed E-state index contributed by atoms with van der Waals surface area (Å²) in [4.78, 5) is 21.0. The van der Waals surface area contributed by atoms with Crippen molar-refractivity contribution in [2.24, 2.45) is 5.41 Å². The Labute approximate surface area is 121 Å². The predicted octanol–water partition coefficient (Wildman–Crippen LogP) is 1.05. The molecule has 0 aliphatic heterocycles. The van der Waals surface area contributed by atoms with Gasteiger partial charge in [0.15, 0.2) is 0 Å². The predicted molar refractivity (Wildman–Crippen MR) is 72.3 cm³/mol. The van der Waals surface area contributed by atoms with Gasteiger partial charge in [-0.25, -0.2) is 13.1 Å². The zero-order valence-corrected chi connectivity index (χ0v) is 12.0. The summed E-state index contributed by atoms with van der Waals surface area (Å²) in [5.41, 5.74) is -1.31. The Morgan fingerprint density at radius 1 is 1.48 bits per heavy atom. The topological polar surface area (TPSA) is 127 Å². The molecule has 0 aromatic heterocycles. The Hall–Kier alpha value is -2.00. The first kappa shape index (κ1) is 15.4. The van der Waals surface area contributed by atoms with E-state index in [2.05, 4.69) is 4.72 Å². The average Bonchev–Trinajstić information content (AvgIpc) is 3.17. The quantitative estimate of drug-likeness (QED) is 0.597. The van der Waals surface area contributed by atoms with Crippen LogP contribution >= 0.6 is 0 Å². The molecule has 1 aromatic rings. The molecule has 0 heterocycles. The van der Waals surface area contributed by atoms with Crippen LogP contribution in [-0.4, -0.2) is 31.0 Å². The van der Waals surface area contributed by atoms with Crippen LogP contribution in [0.25, 0.3) is 0 Å². The molecule has 0 unspecified atom stereocenters. The van der Waals surface area contributed by atoms with Crippen molar-refractivity contribution in [2.75, 3.05) is 6.54 Å². The number of hydrogen-bond acceptors (Lipinski definition) is 5. The molecule has 2 N–H and O–H groups in total. The van der Waals surface area contributed by atoms with E-state index in [0.29, 0.717) is 12.8 Å². The molecule has 2 rings (SSSR count). The lowest BCUT2D eigenvalue weighted by atomic mass is 10.1. The summed E-state index contributed by atoms with van der Waals surface area (Å²) in [6, 6.07) is 3.75. The molecule has 114 valence electrons. The summed E-state index contributed by atoms with van der Waals surface area (Å²) in [5.74, 6) is -1.04. The van der Waals surface area contributed by atoms with Gasteiger partial charge in [0.1, 0.15) is 0 Å². The summed E-state index contributed by atoms with van der Waals surface area (Å²) >= 11 is 0. The monoisotopic (exact) mass is 314 g/mol. The third kappa shape index (κ3) is 2.88. The number of carboxylic acids is 1. The van der Waals surface area contributed by atoms with Crippen molar-refractivity contribution in [1.29, 1.82) is 0 Å². The first-order chi connectivity index (χ1) is 9.69. The number of nitro groups is 1. The van der Waals surface area contributed by atoms with Crippen molar-refractivity contribution < 1.29 is 23.2 Å². The number of rotatable bonds is 6. The van der Waals surface area contributed by atoms with Gasteiger partial charge in [0.2, 0.25) is 10.0 Å². The van der Waals surface area contributed by atoms with E-state index < -0.39 is 26.3 Å². The lowest BCUT2D eigenvalue weighted by Gasteiger charge is -2.13. The van der Waals surface area contributed by atoms with E-state index in [1.165, 1.54) is 25.1 Å². The lowest BCUT2D eigenvalue weighted by Crippen LogP contribution is -2.34. The number of carboxylic acid groups (broad SMARTS) is 1. The van der Waals surface area contributed by atoms with Crippen molar-refractivity contribution in [3.8, 4) is 0 Å². The molecule has 1 saturated carbocycles. The van der Waals surface area contributed by atoms with Crippen LogP contribution < -0.4 is 4.72 Å². The maximum atomic E-state index is 12.2. The minimum absolute atomic E-state index is 0.0233. The lowest BCUT2D eigenvalue weighted by molar-refractivity contribution is -0.385. The molecular weight excluding hydrogens is 300 g/mol. The molecule has 0 amide bonds.